The van der Waals surface area contributed by atoms with Gasteiger partial charge in [-0.15, -0.1) is 5.10 Å². The molecule has 0 bridgehead atoms. The smallest absolute Gasteiger partial charge is 0.324 e. The van der Waals surface area contributed by atoms with Crippen molar-refractivity contribution >= 4 is 7.60 Å². The van der Waals surface area contributed by atoms with Crippen LogP contribution >= 0.6 is 7.60 Å². The molecule has 0 aliphatic carbocycles. The summed E-state index contributed by atoms with van der Waals surface area (Å²) in [6.45, 7) is 2.02. The highest BCUT2D eigenvalue weighted by Crippen LogP contribution is 2.39. The molecular formula is C16H16N3O3P. The topological polar surface area (TPSA) is 88.2 Å². The van der Waals surface area contributed by atoms with E-state index >= 15 is 0 Å². The maximum absolute atomic E-state index is 11.0. The maximum Gasteiger partial charge on any atom is 0.329 e. The molecule has 0 unspecified atom stereocenters. The number of benzene rings is 2. The Labute approximate surface area is 133 Å². The van der Waals surface area contributed by atoms with E-state index in [1.165, 1.54) is 0 Å². The predicted molar refractivity (Wildman–Crippen MR) is 87.3 cm³/mol. The van der Waals surface area contributed by atoms with Gasteiger partial charge in [-0.2, -0.15) is 0 Å². The lowest BCUT2D eigenvalue weighted by atomic mass is 10.1. The van der Waals surface area contributed by atoms with E-state index in [2.05, 4.69) is 10.3 Å². The lowest BCUT2D eigenvalue weighted by Gasteiger charge is -2.05. The third kappa shape index (κ3) is 3.93. The molecule has 23 heavy (non-hydrogen) atoms. The van der Waals surface area contributed by atoms with Crippen LogP contribution in [0.5, 0.6) is 0 Å². The SMILES string of the molecule is Cc1cccc(-c2cn(-c3ccc(CP(=O)(O)O)cc3)nn2)c1. The van der Waals surface area contributed by atoms with E-state index in [-0.39, 0.29) is 6.16 Å². The zero-order chi connectivity index (χ0) is 16.4. The van der Waals surface area contributed by atoms with Gasteiger partial charge in [0.05, 0.1) is 18.0 Å². The molecule has 6 nitrogen and oxygen atoms in total. The highest BCUT2D eigenvalue weighted by atomic mass is 31.2. The van der Waals surface area contributed by atoms with Gasteiger partial charge >= 0.3 is 7.60 Å². The van der Waals surface area contributed by atoms with Gasteiger partial charge in [0.15, 0.2) is 0 Å². The summed E-state index contributed by atoms with van der Waals surface area (Å²) in [4.78, 5) is 18.0. The van der Waals surface area contributed by atoms with Gasteiger partial charge in [0.2, 0.25) is 0 Å². The molecule has 7 heteroatoms. The Kier molecular flexibility index (Phi) is 4.13. The molecule has 0 saturated carbocycles. The average Bonchev–Trinajstić information content (AvgIpc) is 2.96. The number of aryl methyl sites for hydroxylation is 1. The summed E-state index contributed by atoms with van der Waals surface area (Å²) >= 11 is 0. The van der Waals surface area contributed by atoms with Crippen molar-refractivity contribution in [3.8, 4) is 16.9 Å². The molecule has 3 aromatic rings. The first-order valence-corrected chi connectivity index (χ1v) is 8.84. The van der Waals surface area contributed by atoms with Gasteiger partial charge in [-0.1, -0.05) is 41.1 Å². The fourth-order valence-corrected chi connectivity index (χ4v) is 3.01. The molecular weight excluding hydrogens is 313 g/mol. The minimum Gasteiger partial charge on any atom is -0.324 e. The Morgan fingerprint density at radius 1 is 1.13 bits per heavy atom. The number of rotatable bonds is 4. The number of aromatic nitrogens is 3. The van der Waals surface area contributed by atoms with Crippen molar-refractivity contribution in [2.24, 2.45) is 0 Å². The number of hydrogen-bond donors (Lipinski definition) is 2. The first kappa shape index (κ1) is 15.6. The summed E-state index contributed by atoms with van der Waals surface area (Å²) in [5, 5.41) is 8.28. The van der Waals surface area contributed by atoms with E-state index in [1.54, 1.807) is 28.9 Å². The van der Waals surface area contributed by atoms with E-state index in [4.69, 9.17) is 9.79 Å². The summed E-state index contributed by atoms with van der Waals surface area (Å²) in [6.07, 6.45) is 1.56. The largest absolute Gasteiger partial charge is 0.329 e. The molecule has 2 N–H and O–H groups in total. The Morgan fingerprint density at radius 2 is 1.87 bits per heavy atom. The third-order valence-corrected chi connectivity index (χ3v) is 4.17. The van der Waals surface area contributed by atoms with Crippen LogP contribution in [0, 0.1) is 6.92 Å². The summed E-state index contributed by atoms with van der Waals surface area (Å²) in [7, 11) is -4.05. The second-order valence-electron chi connectivity index (χ2n) is 5.41. The predicted octanol–water partition coefficient (Wildman–Crippen LogP) is 2.92. The first-order chi connectivity index (χ1) is 10.9. The fraction of sp³-hybridized carbons (Fsp3) is 0.125. The van der Waals surface area contributed by atoms with Crippen molar-refractivity contribution in [2.75, 3.05) is 0 Å². The summed E-state index contributed by atoms with van der Waals surface area (Å²) in [5.41, 5.74) is 4.29. The standard InChI is InChI=1S/C16H16N3O3P/c1-12-3-2-4-14(9-12)16-10-19(18-17-16)15-7-5-13(6-8-15)11-23(20,21)22/h2-10H,11H2,1H3,(H2,20,21,22). The van der Waals surface area contributed by atoms with Gasteiger partial charge in [0.1, 0.15) is 5.69 Å². The molecule has 0 spiro atoms. The molecule has 0 amide bonds. The van der Waals surface area contributed by atoms with Crippen LogP contribution in [0.3, 0.4) is 0 Å². The first-order valence-electron chi connectivity index (χ1n) is 7.04. The lowest BCUT2D eigenvalue weighted by Crippen LogP contribution is -1.95. The zero-order valence-corrected chi connectivity index (χ0v) is 13.4. The minimum atomic E-state index is -4.05. The molecule has 0 atom stereocenters. The quantitative estimate of drug-likeness (QED) is 0.719. The second-order valence-corrected chi connectivity index (χ2v) is 7.05. The van der Waals surface area contributed by atoms with Crippen LogP contribution in [0.2, 0.25) is 0 Å². The molecule has 0 saturated heterocycles. The highest BCUT2D eigenvalue weighted by molar-refractivity contribution is 7.50. The van der Waals surface area contributed by atoms with Gasteiger partial charge in [0.25, 0.3) is 0 Å². The molecule has 0 aliphatic rings. The fourth-order valence-electron chi connectivity index (χ4n) is 2.32. The van der Waals surface area contributed by atoms with Crippen LogP contribution in [-0.4, -0.2) is 24.8 Å². The van der Waals surface area contributed by atoms with E-state index in [1.807, 2.05) is 37.4 Å². The van der Waals surface area contributed by atoms with Gasteiger partial charge < -0.3 is 9.79 Å². The van der Waals surface area contributed by atoms with Crippen molar-refractivity contribution < 1.29 is 14.4 Å². The van der Waals surface area contributed by atoms with Crippen LogP contribution in [0.1, 0.15) is 11.1 Å². The van der Waals surface area contributed by atoms with E-state index in [0.717, 1.165) is 22.5 Å². The van der Waals surface area contributed by atoms with Crippen molar-refractivity contribution in [3.05, 3.63) is 65.9 Å². The molecule has 118 valence electrons. The molecule has 2 aromatic carbocycles. The van der Waals surface area contributed by atoms with E-state index in [9.17, 15) is 4.57 Å². The van der Waals surface area contributed by atoms with Gasteiger partial charge in [0, 0.05) is 5.56 Å². The lowest BCUT2D eigenvalue weighted by molar-refractivity contribution is 0.371. The second kappa shape index (κ2) is 6.08. The molecule has 0 radical (unpaired) electrons. The van der Waals surface area contributed by atoms with Crippen molar-refractivity contribution in [1.29, 1.82) is 0 Å². The summed E-state index contributed by atoms with van der Waals surface area (Å²) in [5.74, 6) is 0. The summed E-state index contributed by atoms with van der Waals surface area (Å²) < 4.78 is 12.6. The Balaban J connectivity index is 1.84. The molecule has 0 aliphatic heterocycles. The number of nitrogens with zero attached hydrogens (tertiary/aromatic N) is 3. The van der Waals surface area contributed by atoms with Crippen LogP contribution < -0.4 is 0 Å². The Bertz CT molecular complexity index is 868. The van der Waals surface area contributed by atoms with E-state index < -0.39 is 7.60 Å². The van der Waals surface area contributed by atoms with Crippen LogP contribution in [0.15, 0.2) is 54.7 Å². The van der Waals surface area contributed by atoms with Gasteiger partial charge in [-0.05, 0) is 30.7 Å². The maximum atomic E-state index is 11.0. The van der Waals surface area contributed by atoms with Gasteiger partial charge in [-0.3, -0.25) is 4.57 Å². The van der Waals surface area contributed by atoms with Crippen LogP contribution in [-0.2, 0) is 10.7 Å². The van der Waals surface area contributed by atoms with Crippen molar-refractivity contribution in [1.82, 2.24) is 15.0 Å². The normalized spacial score (nSPS) is 11.6. The van der Waals surface area contributed by atoms with E-state index in [0.29, 0.717) is 5.56 Å². The van der Waals surface area contributed by atoms with Crippen molar-refractivity contribution in [2.45, 2.75) is 13.1 Å². The zero-order valence-electron chi connectivity index (χ0n) is 12.5. The monoisotopic (exact) mass is 329 g/mol. The van der Waals surface area contributed by atoms with Crippen LogP contribution in [0.25, 0.3) is 16.9 Å². The average molecular weight is 329 g/mol. The van der Waals surface area contributed by atoms with Crippen LogP contribution in [0.4, 0.5) is 0 Å². The number of hydrogen-bond acceptors (Lipinski definition) is 3. The molecule has 0 fully saturated rings. The van der Waals surface area contributed by atoms with Crippen molar-refractivity contribution in [3.63, 3.8) is 0 Å². The highest BCUT2D eigenvalue weighted by Gasteiger charge is 2.14. The Hall–Kier alpha value is -2.27. The molecule has 1 aromatic heterocycles. The Morgan fingerprint density at radius 3 is 2.52 bits per heavy atom. The molecule has 3 rings (SSSR count). The minimum absolute atomic E-state index is 0.265. The van der Waals surface area contributed by atoms with Gasteiger partial charge in [-0.25, -0.2) is 4.68 Å². The summed E-state index contributed by atoms with van der Waals surface area (Å²) in [6, 6.07) is 14.9. The molecule has 1 heterocycles. The third-order valence-electron chi connectivity index (χ3n) is 3.40.